The second kappa shape index (κ2) is 6.26. The van der Waals surface area contributed by atoms with Crippen molar-refractivity contribution in [3.8, 4) is 5.75 Å². The molecule has 0 aliphatic rings. The largest absolute Gasteiger partial charge is 0.497 e. The van der Waals surface area contributed by atoms with Gasteiger partial charge in [0.1, 0.15) is 5.75 Å². The Morgan fingerprint density at radius 1 is 1.19 bits per heavy atom. The monoisotopic (exact) mass is 286 g/mol. The van der Waals surface area contributed by atoms with Gasteiger partial charge in [-0.15, -0.1) is 0 Å². The van der Waals surface area contributed by atoms with Gasteiger partial charge in [-0.2, -0.15) is 0 Å². The van der Waals surface area contributed by atoms with Gasteiger partial charge in [-0.1, -0.05) is 18.2 Å². The molecule has 21 heavy (non-hydrogen) atoms. The number of nitro benzene ring substituents is 1. The number of rotatable bonds is 5. The molecule has 1 N–H and O–H groups in total. The zero-order valence-electron chi connectivity index (χ0n) is 12.3. The summed E-state index contributed by atoms with van der Waals surface area (Å²) in [5, 5.41) is 14.2. The van der Waals surface area contributed by atoms with Crippen LogP contribution in [0.15, 0.2) is 42.5 Å². The number of hydrogen-bond acceptors (Lipinski definition) is 4. The van der Waals surface area contributed by atoms with Crippen LogP contribution in [0.5, 0.6) is 5.75 Å². The lowest BCUT2D eigenvalue weighted by Gasteiger charge is -2.16. The number of methoxy groups -OCH3 is 1. The molecule has 0 amide bonds. The molecule has 0 aliphatic heterocycles. The predicted octanol–water partition coefficient (Wildman–Crippen LogP) is 4.08. The quantitative estimate of drug-likeness (QED) is 0.664. The minimum absolute atomic E-state index is 0.0400. The van der Waals surface area contributed by atoms with Crippen LogP contribution in [0, 0.1) is 17.0 Å². The van der Waals surface area contributed by atoms with E-state index in [0.29, 0.717) is 5.56 Å². The van der Waals surface area contributed by atoms with E-state index in [1.165, 1.54) is 0 Å². The molecule has 5 heteroatoms. The molecular formula is C16H18N2O3. The number of ether oxygens (including phenoxy) is 1. The Hall–Kier alpha value is -2.56. The minimum Gasteiger partial charge on any atom is -0.497 e. The maximum atomic E-state index is 11.0. The van der Waals surface area contributed by atoms with Gasteiger partial charge >= 0.3 is 0 Å². The van der Waals surface area contributed by atoms with Crippen molar-refractivity contribution in [2.45, 2.75) is 19.9 Å². The summed E-state index contributed by atoms with van der Waals surface area (Å²) in [6, 6.07) is 12.9. The van der Waals surface area contributed by atoms with Crippen LogP contribution >= 0.6 is 0 Å². The Balaban J connectivity index is 2.16. The van der Waals surface area contributed by atoms with E-state index in [4.69, 9.17) is 4.74 Å². The molecular weight excluding hydrogens is 268 g/mol. The third-order valence-electron chi connectivity index (χ3n) is 3.40. The Bertz CT molecular complexity index is 638. The van der Waals surface area contributed by atoms with Gasteiger partial charge in [0.15, 0.2) is 0 Å². The zero-order valence-corrected chi connectivity index (χ0v) is 12.3. The predicted molar refractivity (Wildman–Crippen MR) is 82.9 cm³/mol. The standard InChI is InChI=1S/C16H18N2O3/c1-11-4-7-14(10-16(11)18(19)20)17-12(2)13-5-8-15(21-3)9-6-13/h4-10,12,17H,1-3H3. The number of hydrogen-bond donors (Lipinski definition) is 1. The summed E-state index contributed by atoms with van der Waals surface area (Å²) in [6.07, 6.45) is 0. The lowest BCUT2D eigenvalue weighted by atomic mass is 10.1. The average molecular weight is 286 g/mol. The highest BCUT2D eigenvalue weighted by Crippen LogP contribution is 2.26. The number of nitrogens with one attached hydrogen (secondary N) is 1. The summed E-state index contributed by atoms with van der Waals surface area (Å²) < 4.78 is 5.13. The molecule has 0 radical (unpaired) electrons. The second-order valence-corrected chi connectivity index (χ2v) is 4.90. The number of nitro groups is 1. The summed E-state index contributed by atoms with van der Waals surface area (Å²) in [5.74, 6) is 0.803. The Labute approximate surface area is 123 Å². The molecule has 0 aromatic heterocycles. The van der Waals surface area contributed by atoms with E-state index >= 15 is 0 Å². The van der Waals surface area contributed by atoms with Gasteiger partial charge in [-0.05, 0) is 37.6 Å². The van der Waals surface area contributed by atoms with E-state index in [0.717, 1.165) is 17.0 Å². The van der Waals surface area contributed by atoms with Crippen molar-refractivity contribution in [2.75, 3.05) is 12.4 Å². The molecule has 0 fully saturated rings. The summed E-state index contributed by atoms with van der Waals surface area (Å²) in [5.41, 5.74) is 2.60. The molecule has 110 valence electrons. The van der Waals surface area contributed by atoms with Gasteiger partial charge in [0.05, 0.1) is 12.0 Å². The van der Waals surface area contributed by atoms with Crippen molar-refractivity contribution in [1.82, 2.24) is 0 Å². The van der Waals surface area contributed by atoms with Crippen LogP contribution < -0.4 is 10.1 Å². The topological polar surface area (TPSA) is 64.4 Å². The Morgan fingerprint density at radius 2 is 1.86 bits per heavy atom. The fourth-order valence-corrected chi connectivity index (χ4v) is 2.12. The molecule has 2 aromatic carbocycles. The van der Waals surface area contributed by atoms with E-state index in [2.05, 4.69) is 5.32 Å². The number of nitrogens with zero attached hydrogens (tertiary/aromatic N) is 1. The van der Waals surface area contributed by atoms with E-state index in [-0.39, 0.29) is 16.7 Å². The van der Waals surface area contributed by atoms with Gasteiger partial charge in [0.25, 0.3) is 5.69 Å². The average Bonchev–Trinajstić information content (AvgIpc) is 2.49. The van der Waals surface area contributed by atoms with Gasteiger partial charge in [0.2, 0.25) is 0 Å². The molecule has 0 saturated heterocycles. The molecule has 0 heterocycles. The van der Waals surface area contributed by atoms with Gasteiger partial charge in [-0.3, -0.25) is 10.1 Å². The smallest absolute Gasteiger partial charge is 0.274 e. The fraction of sp³-hybridized carbons (Fsp3) is 0.250. The second-order valence-electron chi connectivity index (χ2n) is 4.90. The maximum Gasteiger partial charge on any atom is 0.274 e. The number of aryl methyl sites for hydroxylation is 1. The third-order valence-corrected chi connectivity index (χ3v) is 3.40. The van der Waals surface area contributed by atoms with Gasteiger partial charge < -0.3 is 10.1 Å². The Morgan fingerprint density at radius 3 is 2.43 bits per heavy atom. The van der Waals surface area contributed by atoms with Crippen LogP contribution in [0.2, 0.25) is 0 Å². The lowest BCUT2D eigenvalue weighted by Crippen LogP contribution is -2.07. The molecule has 0 saturated carbocycles. The molecule has 0 spiro atoms. The highest BCUT2D eigenvalue weighted by Gasteiger charge is 2.12. The van der Waals surface area contributed by atoms with E-state index in [1.54, 1.807) is 26.2 Å². The van der Waals surface area contributed by atoms with Gasteiger partial charge in [-0.25, -0.2) is 0 Å². The number of anilines is 1. The molecule has 1 unspecified atom stereocenters. The van der Waals surface area contributed by atoms with Crippen molar-refractivity contribution in [3.63, 3.8) is 0 Å². The molecule has 1 atom stereocenters. The minimum atomic E-state index is -0.363. The Kier molecular flexibility index (Phi) is 4.42. The lowest BCUT2D eigenvalue weighted by molar-refractivity contribution is -0.385. The fourth-order valence-electron chi connectivity index (χ4n) is 2.12. The highest BCUT2D eigenvalue weighted by atomic mass is 16.6. The van der Waals surface area contributed by atoms with Crippen LogP contribution in [0.4, 0.5) is 11.4 Å². The van der Waals surface area contributed by atoms with Crippen LogP contribution in [0.1, 0.15) is 24.1 Å². The first-order valence-electron chi connectivity index (χ1n) is 6.67. The van der Waals surface area contributed by atoms with Crippen molar-refractivity contribution < 1.29 is 9.66 Å². The highest BCUT2D eigenvalue weighted by molar-refractivity contribution is 5.55. The van der Waals surface area contributed by atoms with Crippen molar-refractivity contribution in [2.24, 2.45) is 0 Å². The van der Waals surface area contributed by atoms with Crippen molar-refractivity contribution >= 4 is 11.4 Å². The van der Waals surface area contributed by atoms with E-state index in [1.807, 2.05) is 37.3 Å². The van der Waals surface area contributed by atoms with Crippen LogP contribution in [0.3, 0.4) is 0 Å². The van der Waals surface area contributed by atoms with Crippen LogP contribution in [-0.2, 0) is 0 Å². The summed E-state index contributed by atoms with van der Waals surface area (Å²) in [6.45, 7) is 3.74. The normalized spacial score (nSPS) is 11.8. The zero-order chi connectivity index (χ0) is 15.4. The van der Waals surface area contributed by atoms with Gasteiger partial charge in [0, 0.05) is 23.4 Å². The third kappa shape index (κ3) is 3.51. The van der Waals surface area contributed by atoms with Crippen molar-refractivity contribution in [3.05, 3.63) is 63.7 Å². The first-order valence-corrected chi connectivity index (χ1v) is 6.67. The maximum absolute atomic E-state index is 11.0. The molecule has 0 aliphatic carbocycles. The molecule has 2 rings (SSSR count). The summed E-state index contributed by atoms with van der Waals surface area (Å²) in [7, 11) is 1.63. The van der Waals surface area contributed by atoms with Crippen LogP contribution in [0.25, 0.3) is 0 Å². The molecule has 0 bridgehead atoms. The molecule has 5 nitrogen and oxygen atoms in total. The molecule has 2 aromatic rings. The van der Waals surface area contributed by atoms with Crippen LogP contribution in [-0.4, -0.2) is 12.0 Å². The first-order chi connectivity index (χ1) is 10.0. The van der Waals surface area contributed by atoms with E-state index < -0.39 is 0 Å². The summed E-state index contributed by atoms with van der Waals surface area (Å²) in [4.78, 5) is 10.6. The SMILES string of the molecule is COc1ccc(C(C)Nc2ccc(C)c([N+](=O)[O-])c2)cc1. The van der Waals surface area contributed by atoms with Crippen molar-refractivity contribution in [1.29, 1.82) is 0 Å². The first kappa shape index (κ1) is 14.8. The summed E-state index contributed by atoms with van der Waals surface area (Å²) >= 11 is 0. The van der Waals surface area contributed by atoms with E-state index in [9.17, 15) is 10.1 Å². The number of benzene rings is 2.